The minimum atomic E-state index is -0.161. The van der Waals surface area contributed by atoms with Crippen LogP contribution in [0, 0.1) is 11.7 Å². The summed E-state index contributed by atoms with van der Waals surface area (Å²) in [6, 6.07) is 13.7. The zero-order valence-corrected chi connectivity index (χ0v) is 13.6. The molecule has 2 aromatic rings. The number of fused-ring (bicyclic) bond motifs is 1. The van der Waals surface area contributed by atoms with Gasteiger partial charge in [0.15, 0.2) is 0 Å². The summed E-state index contributed by atoms with van der Waals surface area (Å²) in [4.78, 5) is 0. The zero-order valence-electron chi connectivity index (χ0n) is 13.6. The standard InChI is InChI=1S/C20H24FN/c1-20(2,3)17-6-9-19-16(12-17)11-15(13-22-19)10-14-4-7-18(21)8-5-14/h4-9,12,15,22H,10-11,13H2,1-3H3. The maximum atomic E-state index is 13.0. The lowest BCUT2D eigenvalue weighted by Crippen LogP contribution is -2.25. The maximum Gasteiger partial charge on any atom is 0.123 e. The Labute approximate surface area is 132 Å². The van der Waals surface area contributed by atoms with Crippen LogP contribution in [0.15, 0.2) is 42.5 Å². The Balaban J connectivity index is 1.76. The molecule has 0 saturated carbocycles. The first-order valence-corrected chi connectivity index (χ1v) is 8.03. The van der Waals surface area contributed by atoms with Gasteiger partial charge in [-0.25, -0.2) is 4.39 Å². The first-order valence-electron chi connectivity index (χ1n) is 8.03. The van der Waals surface area contributed by atoms with E-state index in [0.29, 0.717) is 5.92 Å². The van der Waals surface area contributed by atoms with Gasteiger partial charge in [0.25, 0.3) is 0 Å². The molecule has 1 nitrogen and oxygen atoms in total. The molecule has 0 saturated heterocycles. The summed E-state index contributed by atoms with van der Waals surface area (Å²) < 4.78 is 13.0. The van der Waals surface area contributed by atoms with E-state index in [1.165, 1.54) is 22.4 Å². The highest BCUT2D eigenvalue weighted by molar-refractivity contribution is 5.55. The van der Waals surface area contributed by atoms with Crippen LogP contribution in [0.25, 0.3) is 0 Å². The monoisotopic (exact) mass is 297 g/mol. The summed E-state index contributed by atoms with van der Waals surface area (Å²) in [7, 11) is 0. The molecule has 0 spiro atoms. The van der Waals surface area contributed by atoms with Crippen molar-refractivity contribution >= 4 is 5.69 Å². The Hall–Kier alpha value is -1.83. The predicted molar refractivity (Wildman–Crippen MR) is 90.9 cm³/mol. The molecule has 1 aliphatic rings. The minimum Gasteiger partial charge on any atom is -0.385 e. The quantitative estimate of drug-likeness (QED) is 0.827. The van der Waals surface area contributed by atoms with Crippen LogP contribution in [-0.2, 0) is 18.3 Å². The third-order valence-corrected chi connectivity index (χ3v) is 4.50. The van der Waals surface area contributed by atoms with Gasteiger partial charge in [-0.2, -0.15) is 0 Å². The van der Waals surface area contributed by atoms with Crippen molar-refractivity contribution < 1.29 is 4.39 Å². The van der Waals surface area contributed by atoms with Gasteiger partial charge in [-0.05, 0) is 59.1 Å². The number of nitrogens with one attached hydrogen (secondary N) is 1. The number of rotatable bonds is 2. The molecule has 22 heavy (non-hydrogen) atoms. The molecule has 2 aromatic carbocycles. The summed E-state index contributed by atoms with van der Waals surface area (Å²) >= 11 is 0. The van der Waals surface area contributed by atoms with Gasteiger partial charge in [0.1, 0.15) is 5.82 Å². The highest BCUT2D eigenvalue weighted by Gasteiger charge is 2.21. The Morgan fingerprint density at radius 2 is 1.82 bits per heavy atom. The fourth-order valence-electron chi connectivity index (χ4n) is 3.14. The van der Waals surface area contributed by atoms with E-state index in [1.807, 2.05) is 12.1 Å². The highest BCUT2D eigenvalue weighted by atomic mass is 19.1. The van der Waals surface area contributed by atoms with Crippen molar-refractivity contribution in [2.24, 2.45) is 5.92 Å². The largest absolute Gasteiger partial charge is 0.385 e. The number of hydrogen-bond acceptors (Lipinski definition) is 1. The third-order valence-electron chi connectivity index (χ3n) is 4.50. The van der Waals surface area contributed by atoms with Gasteiger partial charge in [-0.3, -0.25) is 0 Å². The molecule has 0 fully saturated rings. The van der Waals surface area contributed by atoms with E-state index < -0.39 is 0 Å². The molecule has 0 aliphatic carbocycles. The van der Waals surface area contributed by atoms with Crippen LogP contribution in [0.2, 0.25) is 0 Å². The van der Waals surface area contributed by atoms with Crippen molar-refractivity contribution in [2.45, 2.75) is 39.0 Å². The molecule has 1 unspecified atom stereocenters. The lowest BCUT2D eigenvalue weighted by molar-refractivity contribution is 0.531. The van der Waals surface area contributed by atoms with Gasteiger partial charge in [-0.1, -0.05) is 45.0 Å². The second-order valence-electron chi connectivity index (χ2n) is 7.40. The van der Waals surface area contributed by atoms with Crippen molar-refractivity contribution in [1.29, 1.82) is 0 Å². The minimum absolute atomic E-state index is 0.161. The summed E-state index contributed by atoms with van der Waals surface area (Å²) in [5, 5.41) is 3.55. The molecule has 1 atom stereocenters. The number of halogens is 1. The number of benzene rings is 2. The van der Waals surface area contributed by atoms with Gasteiger partial charge in [0.2, 0.25) is 0 Å². The van der Waals surface area contributed by atoms with Crippen molar-refractivity contribution in [3.05, 3.63) is 65.0 Å². The van der Waals surface area contributed by atoms with E-state index in [-0.39, 0.29) is 11.2 Å². The summed E-state index contributed by atoms with van der Waals surface area (Å²) in [6.45, 7) is 7.74. The van der Waals surface area contributed by atoms with Crippen molar-refractivity contribution in [1.82, 2.24) is 0 Å². The van der Waals surface area contributed by atoms with E-state index >= 15 is 0 Å². The second kappa shape index (κ2) is 5.75. The van der Waals surface area contributed by atoms with Gasteiger partial charge >= 0.3 is 0 Å². The molecule has 1 aliphatic heterocycles. The fraction of sp³-hybridized carbons (Fsp3) is 0.400. The Morgan fingerprint density at radius 3 is 2.50 bits per heavy atom. The molecule has 0 radical (unpaired) electrons. The first-order chi connectivity index (χ1) is 10.4. The summed E-state index contributed by atoms with van der Waals surface area (Å²) in [5.41, 5.74) is 5.45. The number of anilines is 1. The third kappa shape index (κ3) is 3.32. The lowest BCUT2D eigenvalue weighted by Gasteiger charge is -2.29. The van der Waals surface area contributed by atoms with Crippen LogP contribution in [0.5, 0.6) is 0 Å². The smallest absolute Gasteiger partial charge is 0.123 e. The molecular formula is C20H24FN. The van der Waals surface area contributed by atoms with Crippen LogP contribution in [0.4, 0.5) is 10.1 Å². The molecule has 1 heterocycles. The highest BCUT2D eigenvalue weighted by Crippen LogP contribution is 2.31. The Kier molecular flexibility index (Phi) is 3.94. The van der Waals surface area contributed by atoms with E-state index in [9.17, 15) is 4.39 Å². The van der Waals surface area contributed by atoms with Crippen LogP contribution >= 0.6 is 0 Å². The van der Waals surface area contributed by atoms with Gasteiger partial charge < -0.3 is 5.32 Å². The Morgan fingerprint density at radius 1 is 1.09 bits per heavy atom. The van der Waals surface area contributed by atoms with Gasteiger partial charge in [0.05, 0.1) is 0 Å². The Bertz CT molecular complexity index is 652. The van der Waals surface area contributed by atoms with Crippen molar-refractivity contribution in [2.75, 3.05) is 11.9 Å². The van der Waals surface area contributed by atoms with Crippen LogP contribution in [0.3, 0.4) is 0 Å². The molecule has 1 N–H and O–H groups in total. The second-order valence-corrected chi connectivity index (χ2v) is 7.40. The number of hydrogen-bond donors (Lipinski definition) is 1. The summed E-state index contributed by atoms with van der Waals surface area (Å²) in [5.74, 6) is 0.402. The van der Waals surface area contributed by atoms with E-state index in [1.54, 1.807) is 12.1 Å². The molecule has 116 valence electrons. The molecule has 2 heteroatoms. The molecular weight excluding hydrogens is 273 g/mol. The van der Waals surface area contributed by atoms with Gasteiger partial charge in [0, 0.05) is 12.2 Å². The molecule has 0 amide bonds. The summed E-state index contributed by atoms with van der Waals surface area (Å²) in [6.07, 6.45) is 2.08. The molecule has 3 rings (SSSR count). The SMILES string of the molecule is CC(C)(C)c1ccc2c(c1)CC(Cc1ccc(F)cc1)CN2. The first kappa shape index (κ1) is 15.1. The van der Waals surface area contributed by atoms with E-state index in [0.717, 1.165) is 19.4 Å². The van der Waals surface area contributed by atoms with Crippen LogP contribution in [0.1, 0.15) is 37.5 Å². The van der Waals surface area contributed by atoms with E-state index in [4.69, 9.17) is 0 Å². The zero-order chi connectivity index (χ0) is 15.7. The predicted octanol–water partition coefficient (Wildman–Crippen LogP) is 4.95. The molecule has 0 aromatic heterocycles. The fourth-order valence-corrected chi connectivity index (χ4v) is 3.14. The van der Waals surface area contributed by atoms with E-state index in [2.05, 4.69) is 44.3 Å². The normalized spacial score (nSPS) is 17.7. The van der Waals surface area contributed by atoms with Crippen LogP contribution < -0.4 is 5.32 Å². The van der Waals surface area contributed by atoms with Crippen molar-refractivity contribution in [3.8, 4) is 0 Å². The van der Waals surface area contributed by atoms with Gasteiger partial charge in [-0.15, -0.1) is 0 Å². The molecule has 0 bridgehead atoms. The topological polar surface area (TPSA) is 12.0 Å². The maximum absolute atomic E-state index is 13.0. The van der Waals surface area contributed by atoms with Crippen LogP contribution in [-0.4, -0.2) is 6.54 Å². The van der Waals surface area contributed by atoms with Crippen molar-refractivity contribution in [3.63, 3.8) is 0 Å². The average Bonchev–Trinajstić information content (AvgIpc) is 2.48. The average molecular weight is 297 g/mol. The lowest BCUT2D eigenvalue weighted by atomic mass is 9.82.